The number of nitrogens with zero attached hydrogens (tertiary/aromatic N) is 3. The number of aromatic nitrogens is 2. The van der Waals surface area contributed by atoms with Crippen LogP contribution in [0.25, 0.3) is 11.1 Å². The Bertz CT molecular complexity index is 781. The van der Waals surface area contributed by atoms with Crippen LogP contribution in [0, 0.1) is 18.6 Å². The molecule has 0 amide bonds. The molecule has 1 fully saturated rings. The van der Waals surface area contributed by atoms with Crippen molar-refractivity contribution in [3.8, 4) is 11.1 Å². The Hall–Kier alpha value is -2.22. The maximum atomic E-state index is 13.9. The first-order chi connectivity index (χ1) is 11.7. The summed E-state index contributed by atoms with van der Waals surface area (Å²) in [5.41, 5.74) is 1.17. The Balaban J connectivity index is 1.72. The lowest BCUT2D eigenvalue weighted by atomic mass is 10.1. The van der Waals surface area contributed by atoms with Crippen LogP contribution >= 0.6 is 0 Å². The van der Waals surface area contributed by atoms with Gasteiger partial charge in [-0.2, -0.15) is 0 Å². The zero-order valence-corrected chi connectivity index (χ0v) is 13.9. The average molecular weight is 354 g/mol. The van der Waals surface area contributed by atoms with Crippen molar-refractivity contribution in [3.05, 3.63) is 41.7 Å². The van der Waals surface area contributed by atoms with Gasteiger partial charge in [0.2, 0.25) is 5.95 Å². The van der Waals surface area contributed by atoms with Crippen molar-refractivity contribution in [2.75, 3.05) is 25.5 Å². The molecule has 1 unspecified atom stereocenters. The molecule has 134 valence electrons. The van der Waals surface area contributed by atoms with E-state index in [2.05, 4.69) is 15.3 Å². The van der Waals surface area contributed by atoms with Crippen LogP contribution in [0.4, 0.5) is 23.5 Å². The molecule has 2 heterocycles. The van der Waals surface area contributed by atoms with Gasteiger partial charge in [-0.3, -0.25) is 4.90 Å². The number of nitrogens with one attached hydrogen (secondary N) is 1. The van der Waals surface area contributed by atoms with Gasteiger partial charge in [0.05, 0.1) is 12.2 Å². The number of likely N-dealkylation sites (N-methyl/N-ethyl adjacent to an activating group) is 1. The van der Waals surface area contributed by atoms with Gasteiger partial charge in [0.15, 0.2) is 0 Å². The lowest BCUT2D eigenvalue weighted by molar-refractivity contribution is 0.0141. The van der Waals surface area contributed by atoms with Gasteiger partial charge in [-0.1, -0.05) is 0 Å². The van der Waals surface area contributed by atoms with E-state index in [0.717, 1.165) is 6.07 Å². The van der Waals surface area contributed by atoms with Crippen molar-refractivity contribution >= 4 is 5.95 Å². The van der Waals surface area contributed by atoms with Crippen molar-refractivity contribution in [1.29, 1.82) is 0 Å². The second kappa shape index (κ2) is 6.59. The number of anilines is 1. The highest BCUT2D eigenvalue weighted by Crippen LogP contribution is 2.31. The minimum atomic E-state index is -2.68. The molecule has 3 rings (SSSR count). The second-order valence-corrected chi connectivity index (χ2v) is 6.33. The van der Waals surface area contributed by atoms with Gasteiger partial charge in [0.25, 0.3) is 5.92 Å². The predicted octanol–water partition coefficient (Wildman–Crippen LogP) is 3.48. The summed E-state index contributed by atoms with van der Waals surface area (Å²) in [6.45, 7) is 1.71. The van der Waals surface area contributed by atoms with E-state index < -0.39 is 17.6 Å². The summed E-state index contributed by atoms with van der Waals surface area (Å²) in [5.74, 6) is -3.74. The molecule has 0 spiro atoms. The molecule has 1 aromatic carbocycles. The van der Waals surface area contributed by atoms with Crippen LogP contribution in [-0.2, 0) is 0 Å². The summed E-state index contributed by atoms with van der Waals surface area (Å²) in [6.07, 6.45) is 1.22. The first-order valence-electron chi connectivity index (χ1n) is 7.86. The van der Waals surface area contributed by atoms with Crippen LogP contribution in [0.3, 0.4) is 0 Å². The first kappa shape index (κ1) is 17.6. The topological polar surface area (TPSA) is 41.1 Å². The van der Waals surface area contributed by atoms with E-state index >= 15 is 0 Å². The Morgan fingerprint density at radius 1 is 1.28 bits per heavy atom. The van der Waals surface area contributed by atoms with Gasteiger partial charge < -0.3 is 5.32 Å². The summed E-state index contributed by atoms with van der Waals surface area (Å²) in [5, 5.41) is 2.95. The van der Waals surface area contributed by atoms with Crippen molar-refractivity contribution in [1.82, 2.24) is 14.9 Å². The number of benzene rings is 1. The van der Waals surface area contributed by atoms with Crippen molar-refractivity contribution in [2.24, 2.45) is 0 Å². The minimum Gasteiger partial charge on any atom is -0.353 e. The maximum absolute atomic E-state index is 13.9. The van der Waals surface area contributed by atoms with Crippen LogP contribution in [0.5, 0.6) is 0 Å². The monoisotopic (exact) mass is 354 g/mol. The highest BCUT2D eigenvalue weighted by Gasteiger charge is 2.42. The maximum Gasteiger partial charge on any atom is 0.262 e. The third-order valence-corrected chi connectivity index (χ3v) is 4.33. The summed E-state index contributed by atoms with van der Waals surface area (Å²) in [7, 11) is 1.65. The number of halogens is 4. The Labute approximate surface area is 142 Å². The van der Waals surface area contributed by atoms with E-state index in [0.29, 0.717) is 11.3 Å². The van der Waals surface area contributed by atoms with Crippen LogP contribution in [-0.4, -0.2) is 47.0 Å². The molecule has 0 saturated carbocycles. The normalized spacial score (nSPS) is 20.0. The molecule has 0 bridgehead atoms. The smallest absolute Gasteiger partial charge is 0.262 e. The molecular weight excluding hydrogens is 336 g/mol. The number of likely N-dealkylation sites (tertiary alicyclic amines) is 1. The highest BCUT2D eigenvalue weighted by atomic mass is 19.3. The van der Waals surface area contributed by atoms with E-state index in [-0.39, 0.29) is 37.1 Å². The van der Waals surface area contributed by atoms with E-state index in [1.54, 1.807) is 18.9 Å². The predicted molar refractivity (Wildman–Crippen MR) is 86.6 cm³/mol. The Morgan fingerprint density at radius 2 is 2.04 bits per heavy atom. The van der Waals surface area contributed by atoms with Gasteiger partial charge in [-0.25, -0.2) is 27.5 Å². The molecular formula is C17H18F4N4. The lowest BCUT2D eigenvalue weighted by Gasteiger charge is -2.18. The van der Waals surface area contributed by atoms with Crippen LogP contribution in [0.1, 0.15) is 12.1 Å². The Morgan fingerprint density at radius 3 is 2.64 bits per heavy atom. The van der Waals surface area contributed by atoms with Gasteiger partial charge in [0, 0.05) is 42.4 Å². The van der Waals surface area contributed by atoms with Crippen molar-refractivity contribution in [3.63, 3.8) is 0 Å². The van der Waals surface area contributed by atoms with Crippen LogP contribution in [0.15, 0.2) is 24.4 Å². The van der Waals surface area contributed by atoms with E-state index in [1.165, 1.54) is 18.3 Å². The number of alkyl halides is 2. The molecule has 1 saturated heterocycles. The molecule has 1 atom stereocenters. The largest absolute Gasteiger partial charge is 0.353 e. The van der Waals surface area contributed by atoms with Gasteiger partial charge in [-0.05, 0) is 26.1 Å². The Kier molecular flexibility index (Phi) is 4.64. The number of hydrogen-bond acceptors (Lipinski definition) is 4. The molecule has 0 radical (unpaired) electrons. The molecule has 2 aromatic rings. The van der Waals surface area contributed by atoms with Gasteiger partial charge in [-0.15, -0.1) is 0 Å². The fourth-order valence-corrected chi connectivity index (χ4v) is 3.02. The van der Waals surface area contributed by atoms with Crippen LogP contribution in [0.2, 0.25) is 0 Å². The second-order valence-electron chi connectivity index (χ2n) is 6.33. The molecule has 1 aliphatic heterocycles. The summed E-state index contributed by atoms with van der Waals surface area (Å²) >= 11 is 0. The zero-order chi connectivity index (χ0) is 18.2. The number of aryl methyl sites for hydroxylation is 1. The van der Waals surface area contributed by atoms with Crippen molar-refractivity contribution < 1.29 is 17.6 Å². The fourth-order valence-electron chi connectivity index (χ4n) is 3.02. The van der Waals surface area contributed by atoms with Crippen LogP contribution < -0.4 is 5.32 Å². The molecule has 0 aliphatic carbocycles. The standard InChI is InChI=1S/C17H18F4N4/c1-10-14(13-4-3-11(18)5-15(13)19)8-23-16(24-10)22-7-12-6-17(20,21)9-25(12)2/h3-5,8,12H,6-7,9H2,1-2H3,(H,22,23,24). The average Bonchev–Trinajstić information content (AvgIpc) is 2.78. The number of rotatable bonds is 4. The fraction of sp³-hybridized carbons (Fsp3) is 0.412. The molecule has 1 aromatic heterocycles. The molecule has 1 N–H and O–H groups in total. The minimum absolute atomic E-state index is 0.209. The third-order valence-electron chi connectivity index (χ3n) is 4.33. The first-order valence-corrected chi connectivity index (χ1v) is 7.86. The van der Waals surface area contributed by atoms with Crippen molar-refractivity contribution in [2.45, 2.75) is 25.3 Å². The highest BCUT2D eigenvalue weighted by molar-refractivity contribution is 5.66. The van der Waals surface area contributed by atoms with Gasteiger partial charge in [0.1, 0.15) is 11.6 Å². The number of hydrogen-bond donors (Lipinski definition) is 1. The quantitative estimate of drug-likeness (QED) is 0.854. The van der Waals surface area contributed by atoms with Gasteiger partial charge >= 0.3 is 0 Å². The molecule has 4 nitrogen and oxygen atoms in total. The zero-order valence-electron chi connectivity index (χ0n) is 13.9. The van der Waals surface area contributed by atoms with E-state index in [1.807, 2.05) is 0 Å². The lowest BCUT2D eigenvalue weighted by Crippen LogP contribution is -2.32. The molecule has 1 aliphatic rings. The molecule has 25 heavy (non-hydrogen) atoms. The van der Waals surface area contributed by atoms with E-state index in [9.17, 15) is 17.6 Å². The third kappa shape index (κ3) is 3.89. The SMILES string of the molecule is Cc1nc(NCC2CC(F)(F)CN2C)ncc1-c1ccc(F)cc1F. The molecule has 8 heteroatoms. The summed E-state index contributed by atoms with van der Waals surface area (Å²) < 4.78 is 53.7. The summed E-state index contributed by atoms with van der Waals surface area (Å²) in [6, 6.07) is 2.99. The summed E-state index contributed by atoms with van der Waals surface area (Å²) in [4.78, 5) is 9.96. The van der Waals surface area contributed by atoms with E-state index in [4.69, 9.17) is 0 Å².